The van der Waals surface area contributed by atoms with E-state index in [0.29, 0.717) is 6.04 Å². The Hall–Kier alpha value is -1.35. The monoisotopic (exact) mass is 274 g/mol. The average molecular weight is 274 g/mol. The fourth-order valence-corrected chi connectivity index (χ4v) is 2.62. The zero-order chi connectivity index (χ0) is 14.8. The molecule has 0 atom stereocenters. The third-order valence-electron chi connectivity index (χ3n) is 4.39. The topological polar surface area (TPSA) is 32.3 Å². The van der Waals surface area contributed by atoms with Crippen molar-refractivity contribution in [1.29, 1.82) is 0 Å². The van der Waals surface area contributed by atoms with E-state index in [9.17, 15) is 4.79 Å². The Morgan fingerprint density at radius 2 is 1.75 bits per heavy atom. The van der Waals surface area contributed by atoms with Crippen LogP contribution in [0.15, 0.2) is 24.3 Å². The maximum absolute atomic E-state index is 12.6. The normalized spacial score (nSPS) is 18.0. The van der Waals surface area contributed by atoms with Crippen LogP contribution in [0, 0.1) is 6.92 Å². The summed E-state index contributed by atoms with van der Waals surface area (Å²) in [7, 11) is 2.13. The van der Waals surface area contributed by atoms with Crippen molar-refractivity contribution in [3.05, 3.63) is 35.4 Å². The van der Waals surface area contributed by atoms with Crippen LogP contribution in [0.4, 0.5) is 0 Å². The molecule has 3 nitrogen and oxygen atoms in total. The van der Waals surface area contributed by atoms with Gasteiger partial charge in [0.15, 0.2) is 0 Å². The van der Waals surface area contributed by atoms with Crippen LogP contribution in [-0.4, -0.2) is 37.0 Å². The first-order valence-electron chi connectivity index (χ1n) is 7.46. The van der Waals surface area contributed by atoms with E-state index in [2.05, 4.69) is 48.5 Å². The highest BCUT2D eigenvalue weighted by molar-refractivity contribution is 5.87. The van der Waals surface area contributed by atoms with Crippen molar-refractivity contribution in [2.75, 3.05) is 20.1 Å². The van der Waals surface area contributed by atoms with Gasteiger partial charge in [0, 0.05) is 6.04 Å². The maximum atomic E-state index is 12.6. The summed E-state index contributed by atoms with van der Waals surface area (Å²) < 4.78 is 0. The summed E-state index contributed by atoms with van der Waals surface area (Å²) in [5.74, 6) is 0.135. The number of nitrogens with zero attached hydrogens (tertiary/aromatic N) is 1. The minimum absolute atomic E-state index is 0.135. The number of carbonyl (C=O) groups excluding carboxylic acids is 1. The maximum Gasteiger partial charge on any atom is 0.230 e. The second-order valence-corrected chi connectivity index (χ2v) is 6.54. The number of aryl methyl sites for hydroxylation is 1. The quantitative estimate of drug-likeness (QED) is 0.918. The van der Waals surface area contributed by atoms with E-state index in [0.717, 1.165) is 31.5 Å². The number of hydrogen-bond donors (Lipinski definition) is 1. The lowest BCUT2D eigenvalue weighted by atomic mass is 9.83. The van der Waals surface area contributed by atoms with Crippen LogP contribution in [-0.2, 0) is 10.2 Å². The predicted molar refractivity (Wildman–Crippen MR) is 82.9 cm³/mol. The molecule has 1 amide bonds. The highest BCUT2D eigenvalue weighted by Gasteiger charge is 2.31. The SMILES string of the molecule is Cc1ccc(C(C)(C)C(=O)NC2CCN(C)CC2)cc1. The van der Waals surface area contributed by atoms with Gasteiger partial charge in [0.05, 0.1) is 5.41 Å². The van der Waals surface area contributed by atoms with E-state index in [1.165, 1.54) is 5.56 Å². The molecular formula is C17H26N2O. The van der Waals surface area contributed by atoms with Gasteiger partial charge in [0.2, 0.25) is 5.91 Å². The van der Waals surface area contributed by atoms with Crippen LogP contribution in [0.25, 0.3) is 0 Å². The van der Waals surface area contributed by atoms with Crippen LogP contribution in [0.3, 0.4) is 0 Å². The Morgan fingerprint density at radius 3 is 2.30 bits per heavy atom. The number of hydrogen-bond acceptors (Lipinski definition) is 2. The van der Waals surface area contributed by atoms with E-state index in [4.69, 9.17) is 0 Å². The summed E-state index contributed by atoms with van der Waals surface area (Å²) in [6.45, 7) is 8.20. The van der Waals surface area contributed by atoms with Crippen molar-refractivity contribution in [2.45, 2.75) is 45.1 Å². The molecule has 1 saturated heterocycles. The number of carbonyl (C=O) groups is 1. The second-order valence-electron chi connectivity index (χ2n) is 6.54. The van der Waals surface area contributed by atoms with Gasteiger partial charge in [-0.15, -0.1) is 0 Å². The summed E-state index contributed by atoms with van der Waals surface area (Å²) >= 11 is 0. The Labute approximate surface area is 122 Å². The second kappa shape index (κ2) is 5.96. The molecule has 110 valence electrons. The van der Waals surface area contributed by atoms with Crippen LogP contribution >= 0.6 is 0 Å². The molecule has 0 saturated carbocycles. The summed E-state index contributed by atoms with van der Waals surface area (Å²) in [4.78, 5) is 14.9. The van der Waals surface area contributed by atoms with E-state index in [1.54, 1.807) is 0 Å². The minimum atomic E-state index is -0.475. The molecular weight excluding hydrogens is 248 g/mol. The van der Waals surface area contributed by atoms with Crippen molar-refractivity contribution in [1.82, 2.24) is 10.2 Å². The van der Waals surface area contributed by atoms with Crippen LogP contribution < -0.4 is 5.32 Å². The standard InChI is InChI=1S/C17H26N2O/c1-13-5-7-14(8-6-13)17(2,3)16(20)18-15-9-11-19(4)12-10-15/h5-8,15H,9-12H2,1-4H3,(H,18,20). The van der Waals surface area contributed by atoms with Gasteiger partial charge in [-0.2, -0.15) is 0 Å². The van der Waals surface area contributed by atoms with E-state index < -0.39 is 5.41 Å². The first-order valence-corrected chi connectivity index (χ1v) is 7.46. The third-order valence-corrected chi connectivity index (χ3v) is 4.39. The summed E-state index contributed by atoms with van der Waals surface area (Å²) in [5.41, 5.74) is 1.82. The molecule has 1 aromatic carbocycles. The summed E-state index contributed by atoms with van der Waals surface area (Å²) in [6, 6.07) is 8.58. The van der Waals surface area contributed by atoms with E-state index >= 15 is 0 Å². The highest BCUT2D eigenvalue weighted by atomic mass is 16.2. The molecule has 2 rings (SSSR count). The van der Waals surface area contributed by atoms with Crippen molar-refractivity contribution in [3.8, 4) is 0 Å². The zero-order valence-corrected chi connectivity index (χ0v) is 13.1. The smallest absolute Gasteiger partial charge is 0.230 e. The number of amides is 1. The lowest BCUT2D eigenvalue weighted by molar-refractivity contribution is -0.126. The van der Waals surface area contributed by atoms with E-state index in [1.807, 2.05) is 13.8 Å². The predicted octanol–water partition coefficient (Wildman–Crippen LogP) is 2.48. The Bertz CT molecular complexity index is 456. The minimum Gasteiger partial charge on any atom is -0.353 e. The molecule has 1 fully saturated rings. The average Bonchev–Trinajstić information content (AvgIpc) is 2.42. The lowest BCUT2D eigenvalue weighted by Gasteiger charge is -2.32. The van der Waals surface area contributed by atoms with Gasteiger partial charge in [-0.25, -0.2) is 0 Å². The lowest BCUT2D eigenvalue weighted by Crippen LogP contribution is -2.49. The largest absolute Gasteiger partial charge is 0.353 e. The van der Waals surface area contributed by atoms with Gasteiger partial charge < -0.3 is 10.2 Å². The van der Waals surface area contributed by atoms with Crippen molar-refractivity contribution in [3.63, 3.8) is 0 Å². The van der Waals surface area contributed by atoms with Crippen LogP contribution in [0.1, 0.15) is 37.8 Å². The molecule has 1 aliphatic rings. The van der Waals surface area contributed by atoms with Gasteiger partial charge in [-0.05, 0) is 59.3 Å². The van der Waals surface area contributed by atoms with Gasteiger partial charge in [0.1, 0.15) is 0 Å². The van der Waals surface area contributed by atoms with Crippen molar-refractivity contribution >= 4 is 5.91 Å². The molecule has 0 bridgehead atoms. The number of piperidine rings is 1. The Morgan fingerprint density at radius 1 is 1.20 bits per heavy atom. The molecule has 0 radical (unpaired) electrons. The number of benzene rings is 1. The molecule has 1 heterocycles. The first kappa shape index (κ1) is 15.0. The summed E-state index contributed by atoms with van der Waals surface area (Å²) in [6.07, 6.45) is 2.10. The van der Waals surface area contributed by atoms with Gasteiger partial charge >= 0.3 is 0 Å². The van der Waals surface area contributed by atoms with Gasteiger partial charge in [0.25, 0.3) is 0 Å². The molecule has 0 aliphatic carbocycles. The first-order chi connectivity index (χ1) is 9.39. The van der Waals surface area contributed by atoms with Crippen molar-refractivity contribution in [2.24, 2.45) is 0 Å². The number of likely N-dealkylation sites (tertiary alicyclic amines) is 1. The van der Waals surface area contributed by atoms with Gasteiger partial charge in [-0.3, -0.25) is 4.79 Å². The van der Waals surface area contributed by atoms with Crippen LogP contribution in [0.2, 0.25) is 0 Å². The molecule has 1 aromatic rings. The fraction of sp³-hybridized carbons (Fsp3) is 0.588. The van der Waals surface area contributed by atoms with E-state index in [-0.39, 0.29) is 5.91 Å². The molecule has 3 heteroatoms. The molecule has 1 N–H and O–H groups in total. The molecule has 0 unspecified atom stereocenters. The Kier molecular flexibility index (Phi) is 4.48. The number of rotatable bonds is 3. The molecule has 0 aromatic heterocycles. The Balaban J connectivity index is 2.01. The third kappa shape index (κ3) is 3.40. The zero-order valence-electron chi connectivity index (χ0n) is 13.1. The molecule has 0 spiro atoms. The summed E-state index contributed by atoms with van der Waals surface area (Å²) in [5, 5.41) is 3.23. The van der Waals surface area contributed by atoms with Gasteiger partial charge in [-0.1, -0.05) is 29.8 Å². The molecule has 1 aliphatic heterocycles. The molecule has 20 heavy (non-hydrogen) atoms. The highest BCUT2D eigenvalue weighted by Crippen LogP contribution is 2.24. The van der Waals surface area contributed by atoms with Crippen LogP contribution in [0.5, 0.6) is 0 Å². The van der Waals surface area contributed by atoms with Crippen molar-refractivity contribution < 1.29 is 4.79 Å². The fourth-order valence-electron chi connectivity index (χ4n) is 2.62. The number of nitrogens with one attached hydrogen (secondary N) is 1.